The Morgan fingerprint density at radius 1 is 1.28 bits per heavy atom. The summed E-state index contributed by atoms with van der Waals surface area (Å²) in [5.41, 5.74) is 1.96. The molecule has 0 atom stereocenters. The molecule has 0 radical (unpaired) electrons. The van der Waals surface area contributed by atoms with Crippen molar-refractivity contribution in [2.24, 2.45) is 0 Å². The lowest BCUT2D eigenvalue weighted by atomic mass is 10.1. The number of aryl methyl sites for hydroxylation is 1. The summed E-state index contributed by atoms with van der Waals surface area (Å²) in [6.07, 6.45) is 4.27. The van der Waals surface area contributed by atoms with Crippen LogP contribution in [-0.2, 0) is 22.5 Å². The highest BCUT2D eigenvalue weighted by molar-refractivity contribution is 7.99. The summed E-state index contributed by atoms with van der Waals surface area (Å²) in [5.74, 6) is 0.441. The number of esters is 1. The third kappa shape index (κ3) is 5.44. The number of imidazole rings is 1. The van der Waals surface area contributed by atoms with Crippen LogP contribution in [0.2, 0.25) is 0 Å². The molecular formula is C22H24FN3O2S. The van der Waals surface area contributed by atoms with E-state index in [9.17, 15) is 9.18 Å². The monoisotopic (exact) mass is 413 g/mol. The Kier molecular flexibility index (Phi) is 7.04. The molecule has 0 aliphatic rings. The molecule has 0 aliphatic carbocycles. The highest BCUT2D eigenvalue weighted by Gasteiger charge is 2.21. The molecular weight excluding hydrogens is 389 g/mol. The van der Waals surface area contributed by atoms with E-state index in [1.807, 2.05) is 24.4 Å². The van der Waals surface area contributed by atoms with Crippen LogP contribution < -0.4 is 0 Å². The normalized spacial score (nSPS) is 11.1. The molecule has 0 N–H and O–H groups in total. The fourth-order valence-electron chi connectivity index (χ4n) is 2.97. The molecule has 152 valence electrons. The first-order chi connectivity index (χ1) is 14.0. The van der Waals surface area contributed by atoms with Crippen LogP contribution in [0.4, 0.5) is 4.39 Å². The van der Waals surface area contributed by atoms with Gasteiger partial charge in [-0.2, -0.15) is 0 Å². The van der Waals surface area contributed by atoms with Crippen molar-refractivity contribution in [2.75, 3.05) is 7.11 Å². The van der Waals surface area contributed by atoms with Crippen molar-refractivity contribution >= 4 is 17.7 Å². The molecule has 0 unspecified atom stereocenters. The number of hydrogen-bond donors (Lipinski definition) is 0. The number of methoxy groups -OCH3 is 1. The lowest BCUT2D eigenvalue weighted by Crippen LogP contribution is -2.10. The van der Waals surface area contributed by atoms with Crippen LogP contribution in [0.5, 0.6) is 0 Å². The lowest BCUT2D eigenvalue weighted by Gasteiger charge is -2.13. The van der Waals surface area contributed by atoms with E-state index in [0.717, 1.165) is 27.0 Å². The summed E-state index contributed by atoms with van der Waals surface area (Å²) < 4.78 is 20.6. The summed E-state index contributed by atoms with van der Waals surface area (Å²) in [4.78, 5) is 21.5. The predicted octanol–water partition coefficient (Wildman–Crippen LogP) is 4.85. The second-order valence-corrected chi connectivity index (χ2v) is 8.02. The zero-order valence-corrected chi connectivity index (χ0v) is 17.6. The molecule has 0 bridgehead atoms. The molecule has 0 saturated carbocycles. The van der Waals surface area contributed by atoms with Crippen LogP contribution in [0.15, 0.2) is 58.7 Å². The molecule has 0 amide bonds. The minimum Gasteiger partial charge on any atom is -0.469 e. The number of ether oxygens (including phenoxy) is 1. The van der Waals surface area contributed by atoms with Gasteiger partial charge in [0.2, 0.25) is 0 Å². The van der Waals surface area contributed by atoms with E-state index in [2.05, 4.69) is 23.4 Å². The molecule has 2 heterocycles. The molecule has 7 heteroatoms. The van der Waals surface area contributed by atoms with Gasteiger partial charge in [-0.1, -0.05) is 37.7 Å². The zero-order valence-electron chi connectivity index (χ0n) is 16.8. The first-order valence-corrected chi connectivity index (χ1v) is 10.3. The zero-order chi connectivity index (χ0) is 20.8. The number of pyridine rings is 1. The predicted molar refractivity (Wildman–Crippen MR) is 111 cm³/mol. The SMILES string of the molecule is COC(=O)CCc1nc(C(C)C)c(Sc2cccc(F)c2)n1Cc1cccnc1. The second kappa shape index (κ2) is 9.69. The number of carbonyl (C=O) groups excluding carboxylic acids is 1. The number of carbonyl (C=O) groups is 1. The molecule has 3 rings (SSSR count). The average Bonchev–Trinajstić information content (AvgIpc) is 3.04. The molecule has 0 aliphatic heterocycles. The van der Waals surface area contributed by atoms with E-state index in [1.165, 1.54) is 31.0 Å². The standard InChI is InChI=1S/C22H24FN3O2S/c1-15(2)21-22(29-18-8-4-7-17(23)12-18)26(14-16-6-5-11-24-13-16)19(25-21)9-10-20(27)28-3/h4-8,11-13,15H,9-10,14H2,1-3H3. The fourth-order valence-corrected chi connectivity index (χ4v) is 4.18. The minimum absolute atomic E-state index is 0.179. The quantitative estimate of drug-likeness (QED) is 0.494. The van der Waals surface area contributed by atoms with Crippen LogP contribution in [-0.4, -0.2) is 27.6 Å². The summed E-state index contributed by atoms with van der Waals surface area (Å²) in [7, 11) is 1.38. The molecule has 3 aromatic rings. The van der Waals surface area contributed by atoms with Crippen molar-refractivity contribution in [3.05, 3.63) is 71.7 Å². The number of nitrogens with zero attached hydrogens (tertiary/aromatic N) is 3. The number of rotatable bonds is 8. The van der Waals surface area contributed by atoms with Gasteiger partial charge < -0.3 is 9.30 Å². The van der Waals surface area contributed by atoms with Crippen molar-refractivity contribution < 1.29 is 13.9 Å². The highest BCUT2D eigenvalue weighted by atomic mass is 32.2. The van der Waals surface area contributed by atoms with Gasteiger partial charge in [0.05, 0.1) is 25.8 Å². The van der Waals surface area contributed by atoms with Crippen LogP contribution in [0, 0.1) is 5.82 Å². The van der Waals surface area contributed by atoms with Crippen LogP contribution in [0.25, 0.3) is 0 Å². The lowest BCUT2D eigenvalue weighted by molar-refractivity contribution is -0.140. The van der Waals surface area contributed by atoms with E-state index in [0.29, 0.717) is 13.0 Å². The number of aromatic nitrogens is 3. The molecule has 0 saturated heterocycles. The molecule has 0 spiro atoms. The Balaban J connectivity index is 2.04. The average molecular weight is 414 g/mol. The fraction of sp³-hybridized carbons (Fsp3) is 0.318. The smallest absolute Gasteiger partial charge is 0.305 e. The maximum atomic E-state index is 13.7. The van der Waals surface area contributed by atoms with E-state index >= 15 is 0 Å². The molecule has 1 aromatic carbocycles. The first-order valence-electron chi connectivity index (χ1n) is 9.46. The Morgan fingerprint density at radius 2 is 2.10 bits per heavy atom. The highest BCUT2D eigenvalue weighted by Crippen LogP contribution is 2.35. The maximum Gasteiger partial charge on any atom is 0.305 e. The van der Waals surface area contributed by atoms with Gasteiger partial charge in [-0.15, -0.1) is 0 Å². The Labute approximate surface area is 174 Å². The van der Waals surface area contributed by atoms with Gasteiger partial charge in [0.1, 0.15) is 16.7 Å². The summed E-state index contributed by atoms with van der Waals surface area (Å²) in [6, 6.07) is 10.4. The second-order valence-electron chi connectivity index (χ2n) is 6.96. The van der Waals surface area contributed by atoms with Crippen molar-refractivity contribution in [3.8, 4) is 0 Å². The number of hydrogen-bond acceptors (Lipinski definition) is 5. The van der Waals surface area contributed by atoms with Crippen molar-refractivity contribution in [1.82, 2.24) is 14.5 Å². The topological polar surface area (TPSA) is 57.0 Å². The van der Waals surface area contributed by atoms with Gasteiger partial charge in [-0.05, 0) is 35.7 Å². The van der Waals surface area contributed by atoms with Crippen molar-refractivity contribution in [1.29, 1.82) is 0 Å². The number of benzene rings is 1. The molecule has 5 nitrogen and oxygen atoms in total. The first kappa shape index (κ1) is 21.0. The third-order valence-corrected chi connectivity index (χ3v) is 5.54. The van der Waals surface area contributed by atoms with Crippen molar-refractivity contribution in [3.63, 3.8) is 0 Å². The van der Waals surface area contributed by atoms with Gasteiger partial charge >= 0.3 is 5.97 Å². The van der Waals surface area contributed by atoms with Crippen LogP contribution >= 0.6 is 11.8 Å². The Hall–Kier alpha value is -2.67. The largest absolute Gasteiger partial charge is 0.469 e. The van der Waals surface area contributed by atoms with Gasteiger partial charge in [0.25, 0.3) is 0 Å². The summed E-state index contributed by atoms with van der Waals surface area (Å²) in [5, 5.41) is 0.953. The van der Waals surface area contributed by atoms with E-state index in [1.54, 1.807) is 12.3 Å². The number of halogens is 1. The molecule has 2 aromatic heterocycles. The van der Waals surface area contributed by atoms with E-state index < -0.39 is 0 Å². The minimum atomic E-state index is -0.273. The molecule has 29 heavy (non-hydrogen) atoms. The van der Waals surface area contributed by atoms with Crippen LogP contribution in [0.3, 0.4) is 0 Å². The van der Waals surface area contributed by atoms with Gasteiger partial charge in [-0.25, -0.2) is 9.37 Å². The van der Waals surface area contributed by atoms with Crippen LogP contribution in [0.1, 0.15) is 43.3 Å². The van der Waals surface area contributed by atoms with Gasteiger partial charge in [0, 0.05) is 23.7 Å². The van der Waals surface area contributed by atoms with Gasteiger partial charge in [-0.3, -0.25) is 9.78 Å². The molecule has 0 fully saturated rings. The Bertz CT molecular complexity index is 973. The van der Waals surface area contributed by atoms with E-state index in [-0.39, 0.29) is 24.1 Å². The maximum absolute atomic E-state index is 13.7. The third-order valence-electron chi connectivity index (χ3n) is 4.43. The summed E-state index contributed by atoms with van der Waals surface area (Å²) >= 11 is 1.49. The van der Waals surface area contributed by atoms with E-state index in [4.69, 9.17) is 9.72 Å². The van der Waals surface area contributed by atoms with Crippen molar-refractivity contribution in [2.45, 2.75) is 49.1 Å². The van der Waals surface area contributed by atoms with Gasteiger partial charge in [0.15, 0.2) is 0 Å². The Morgan fingerprint density at radius 3 is 2.76 bits per heavy atom. The summed E-state index contributed by atoms with van der Waals surface area (Å²) in [6.45, 7) is 4.73.